The van der Waals surface area contributed by atoms with E-state index in [2.05, 4.69) is 20.8 Å². The maximum absolute atomic E-state index is 12.5. The standard InChI is InChI=1S/C15H28N2O/c1-14(2,3)11-7-9-17(10-8-11)13(18)15(4,16)12-5-6-12/h11-12H,5-10,16H2,1-4H3. The number of nitrogens with two attached hydrogens (primary N) is 1. The van der Waals surface area contributed by atoms with E-state index in [-0.39, 0.29) is 5.91 Å². The molecular formula is C15H28N2O. The van der Waals surface area contributed by atoms with Gasteiger partial charge < -0.3 is 10.6 Å². The molecule has 1 saturated heterocycles. The van der Waals surface area contributed by atoms with E-state index in [1.54, 1.807) is 0 Å². The highest BCUT2D eigenvalue weighted by Crippen LogP contribution is 2.40. The highest BCUT2D eigenvalue weighted by Gasteiger charge is 2.46. The smallest absolute Gasteiger partial charge is 0.242 e. The van der Waals surface area contributed by atoms with Crippen LogP contribution in [0, 0.1) is 17.3 Å². The molecule has 1 unspecified atom stereocenters. The van der Waals surface area contributed by atoms with Crippen molar-refractivity contribution in [2.75, 3.05) is 13.1 Å². The summed E-state index contributed by atoms with van der Waals surface area (Å²) in [6.07, 6.45) is 4.49. The van der Waals surface area contributed by atoms with Crippen LogP contribution in [0.2, 0.25) is 0 Å². The van der Waals surface area contributed by atoms with Crippen LogP contribution >= 0.6 is 0 Å². The van der Waals surface area contributed by atoms with Crippen LogP contribution in [0.25, 0.3) is 0 Å². The molecule has 1 amide bonds. The van der Waals surface area contributed by atoms with Crippen molar-refractivity contribution < 1.29 is 4.79 Å². The highest BCUT2D eigenvalue weighted by molar-refractivity contribution is 5.86. The molecule has 1 saturated carbocycles. The lowest BCUT2D eigenvalue weighted by atomic mass is 9.75. The number of rotatable bonds is 2. The van der Waals surface area contributed by atoms with Crippen LogP contribution in [-0.2, 0) is 4.79 Å². The summed E-state index contributed by atoms with van der Waals surface area (Å²) in [5, 5.41) is 0. The zero-order valence-electron chi connectivity index (χ0n) is 12.3. The van der Waals surface area contributed by atoms with Gasteiger partial charge in [0.2, 0.25) is 5.91 Å². The van der Waals surface area contributed by atoms with Crippen LogP contribution in [0.1, 0.15) is 53.4 Å². The SMILES string of the molecule is CC(C)(C)C1CCN(C(=O)C(C)(N)C2CC2)CC1. The van der Waals surface area contributed by atoms with Gasteiger partial charge in [-0.15, -0.1) is 0 Å². The van der Waals surface area contributed by atoms with Crippen LogP contribution in [0.4, 0.5) is 0 Å². The first-order valence-corrected chi connectivity index (χ1v) is 7.31. The summed E-state index contributed by atoms with van der Waals surface area (Å²) in [6, 6.07) is 0. The van der Waals surface area contributed by atoms with Crippen LogP contribution in [0.5, 0.6) is 0 Å². The first-order valence-electron chi connectivity index (χ1n) is 7.31. The third-order valence-corrected chi connectivity index (χ3v) is 4.89. The Hall–Kier alpha value is -0.570. The van der Waals surface area contributed by atoms with E-state index in [1.165, 1.54) is 0 Å². The molecule has 2 rings (SSSR count). The number of hydrogen-bond acceptors (Lipinski definition) is 2. The molecule has 2 fully saturated rings. The van der Waals surface area contributed by atoms with E-state index in [0.29, 0.717) is 11.3 Å². The van der Waals surface area contributed by atoms with Gasteiger partial charge in [0.25, 0.3) is 0 Å². The summed E-state index contributed by atoms with van der Waals surface area (Å²) in [5.41, 5.74) is 5.97. The fraction of sp³-hybridized carbons (Fsp3) is 0.933. The van der Waals surface area contributed by atoms with Crippen molar-refractivity contribution in [3.05, 3.63) is 0 Å². The molecule has 1 heterocycles. The van der Waals surface area contributed by atoms with Gasteiger partial charge in [-0.1, -0.05) is 20.8 Å². The monoisotopic (exact) mass is 252 g/mol. The first-order chi connectivity index (χ1) is 8.23. The number of nitrogens with zero attached hydrogens (tertiary/aromatic N) is 1. The van der Waals surface area contributed by atoms with Gasteiger partial charge in [-0.25, -0.2) is 0 Å². The molecule has 104 valence electrons. The van der Waals surface area contributed by atoms with Gasteiger partial charge in [0, 0.05) is 13.1 Å². The summed E-state index contributed by atoms with van der Waals surface area (Å²) in [4.78, 5) is 14.5. The molecule has 1 aliphatic heterocycles. The lowest BCUT2D eigenvalue weighted by Crippen LogP contribution is -2.56. The minimum absolute atomic E-state index is 0.178. The quantitative estimate of drug-likeness (QED) is 0.820. The number of amides is 1. The van der Waals surface area contributed by atoms with Gasteiger partial charge in [-0.3, -0.25) is 4.79 Å². The van der Waals surface area contributed by atoms with Crippen molar-refractivity contribution in [2.24, 2.45) is 23.0 Å². The number of likely N-dealkylation sites (tertiary alicyclic amines) is 1. The molecule has 0 aromatic rings. The molecule has 3 heteroatoms. The van der Waals surface area contributed by atoms with Crippen molar-refractivity contribution >= 4 is 5.91 Å². The van der Waals surface area contributed by atoms with Gasteiger partial charge in [0.15, 0.2) is 0 Å². The van der Waals surface area contributed by atoms with Crippen molar-refractivity contribution in [1.29, 1.82) is 0 Å². The van der Waals surface area contributed by atoms with E-state index in [4.69, 9.17) is 5.73 Å². The average Bonchev–Trinajstić information content (AvgIpc) is 3.11. The Kier molecular flexibility index (Phi) is 3.48. The van der Waals surface area contributed by atoms with Gasteiger partial charge in [0.1, 0.15) is 0 Å². The summed E-state index contributed by atoms with van der Waals surface area (Å²) in [7, 11) is 0. The predicted molar refractivity (Wildman–Crippen MR) is 74.1 cm³/mol. The number of carbonyl (C=O) groups excluding carboxylic acids is 1. The third kappa shape index (κ3) is 2.71. The molecule has 3 nitrogen and oxygen atoms in total. The molecule has 1 aliphatic carbocycles. The summed E-state index contributed by atoms with van der Waals surface area (Å²) < 4.78 is 0. The van der Waals surface area contributed by atoms with E-state index in [9.17, 15) is 4.79 Å². The Labute approximate surface area is 111 Å². The Bertz CT molecular complexity index is 318. The van der Waals surface area contributed by atoms with Crippen LogP contribution in [0.15, 0.2) is 0 Å². The second-order valence-electron chi connectivity index (χ2n) is 7.49. The Morgan fingerprint density at radius 2 is 1.50 bits per heavy atom. The third-order valence-electron chi connectivity index (χ3n) is 4.89. The van der Waals surface area contributed by atoms with E-state index in [1.807, 2.05) is 11.8 Å². The minimum Gasteiger partial charge on any atom is -0.341 e. The van der Waals surface area contributed by atoms with Gasteiger partial charge >= 0.3 is 0 Å². The van der Waals surface area contributed by atoms with E-state index < -0.39 is 5.54 Å². The fourth-order valence-corrected chi connectivity index (χ4v) is 3.15. The molecule has 0 bridgehead atoms. The molecule has 0 radical (unpaired) electrons. The van der Waals surface area contributed by atoms with Crippen molar-refractivity contribution in [2.45, 2.75) is 58.9 Å². The van der Waals surface area contributed by atoms with Crippen LogP contribution in [-0.4, -0.2) is 29.4 Å². The topological polar surface area (TPSA) is 46.3 Å². The fourth-order valence-electron chi connectivity index (χ4n) is 3.15. The van der Waals surface area contributed by atoms with Gasteiger partial charge in [0.05, 0.1) is 5.54 Å². The van der Waals surface area contributed by atoms with Crippen LogP contribution < -0.4 is 5.73 Å². The molecule has 2 N–H and O–H groups in total. The van der Waals surface area contributed by atoms with Crippen molar-refractivity contribution in [3.8, 4) is 0 Å². The van der Waals surface area contributed by atoms with Crippen molar-refractivity contribution in [1.82, 2.24) is 4.90 Å². The molecule has 2 aliphatic rings. The zero-order chi connectivity index (χ0) is 13.6. The summed E-state index contributed by atoms with van der Waals surface area (Å²) >= 11 is 0. The normalized spacial score (nSPS) is 25.9. The van der Waals surface area contributed by atoms with E-state index >= 15 is 0 Å². The number of carbonyl (C=O) groups is 1. The minimum atomic E-state index is -0.616. The maximum Gasteiger partial charge on any atom is 0.242 e. The Morgan fingerprint density at radius 1 is 1.00 bits per heavy atom. The second-order valence-corrected chi connectivity index (χ2v) is 7.49. The highest BCUT2D eigenvalue weighted by atomic mass is 16.2. The second kappa shape index (κ2) is 4.52. The molecule has 1 atom stereocenters. The molecule has 0 aromatic carbocycles. The Morgan fingerprint density at radius 3 is 1.89 bits per heavy atom. The molecule has 18 heavy (non-hydrogen) atoms. The van der Waals surface area contributed by atoms with Crippen LogP contribution in [0.3, 0.4) is 0 Å². The lowest BCUT2D eigenvalue weighted by molar-refractivity contribution is -0.139. The zero-order valence-corrected chi connectivity index (χ0v) is 12.3. The Balaban J connectivity index is 1.91. The largest absolute Gasteiger partial charge is 0.341 e. The lowest BCUT2D eigenvalue weighted by Gasteiger charge is -2.41. The van der Waals surface area contributed by atoms with Gasteiger partial charge in [-0.2, -0.15) is 0 Å². The molecule has 0 spiro atoms. The maximum atomic E-state index is 12.5. The average molecular weight is 252 g/mol. The van der Waals surface area contributed by atoms with Gasteiger partial charge in [-0.05, 0) is 49.9 Å². The summed E-state index contributed by atoms with van der Waals surface area (Å²) in [5.74, 6) is 1.33. The van der Waals surface area contributed by atoms with Crippen molar-refractivity contribution in [3.63, 3.8) is 0 Å². The molecular weight excluding hydrogens is 224 g/mol. The molecule has 0 aromatic heterocycles. The number of piperidine rings is 1. The first kappa shape index (κ1) is 13.9. The number of hydrogen-bond donors (Lipinski definition) is 1. The predicted octanol–water partition coefficient (Wildman–Crippen LogP) is 2.40. The summed E-state index contributed by atoms with van der Waals surface area (Å²) in [6.45, 7) is 10.6. The van der Waals surface area contributed by atoms with E-state index in [0.717, 1.165) is 44.7 Å².